The first-order valence-electron chi connectivity index (χ1n) is 4.83. The van der Waals surface area contributed by atoms with Crippen molar-refractivity contribution >= 4 is 0 Å². The molecule has 0 spiro atoms. The molecular formula is C12H15NO2. The van der Waals surface area contributed by atoms with Gasteiger partial charge in [-0.2, -0.15) is 5.26 Å². The van der Waals surface area contributed by atoms with Crippen molar-refractivity contribution in [2.24, 2.45) is 0 Å². The van der Waals surface area contributed by atoms with Gasteiger partial charge in [0.05, 0.1) is 6.07 Å². The van der Waals surface area contributed by atoms with Crippen LogP contribution in [0.5, 0.6) is 0 Å². The monoisotopic (exact) mass is 205 g/mol. The molecule has 1 aromatic rings. The minimum absolute atomic E-state index is 0.347. The third-order valence-corrected chi connectivity index (χ3v) is 2.24. The maximum Gasteiger partial charge on any atom is 0.183 e. The normalized spacial score (nSPS) is 10.3. The Morgan fingerprint density at radius 2 is 1.93 bits per heavy atom. The van der Waals surface area contributed by atoms with Gasteiger partial charge in [0.15, 0.2) is 6.29 Å². The summed E-state index contributed by atoms with van der Waals surface area (Å²) in [6.07, 6.45) is 0.896. The summed E-state index contributed by atoms with van der Waals surface area (Å²) < 4.78 is 10.4. The topological polar surface area (TPSA) is 42.2 Å². The predicted octanol–water partition coefficient (Wildman–Crippen LogP) is 2.43. The van der Waals surface area contributed by atoms with E-state index in [0.717, 1.165) is 17.5 Å². The molecule has 15 heavy (non-hydrogen) atoms. The van der Waals surface area contributed by atoms with Gasteiger partial charge in [0.25, 0.3) is 0 Å². The first kappa shape index (κ1) is 11.7. The van der Waals surface area contributed by atoms with Crippen LogP contribution in [0.4, 0.5) is 0 Å². The van der Waals surface area contributed by atoms with Crippen molar-refractivity contribution in [2.45, 2.75) is 19.1 Å². The van der Waals surface area contributed by atoms with Gasteiger partial charge in [-0.25, -0.2) is 0 Å². The summed E-state index contributed by atoms with van der Waals surface area (Å²) in [4.78, 5) is 0. The molecule has 0 radical (unpaired) electrons. The Morgan fingerprint density at radius 1 is 1.27 bits per heavy atom. The van der Waals surface area contributed by atoms with Gasteiger partial charge in [0.2, 0.25) is 0 Å². The van der Waals surface area contributed by atoms with E-state index < -0.39 is 0 Å². The zero-order chi connectivity index (χ0) is 11.1. The van der Waals surface area contributed by atoms with Crippen molar-refractivity contribution < 1.29 is 9.47 Å². The van der Waals surface area contributed by atoms with Crippen LogP contribution < -0.4 is 0 Å². The van der Waals surface area contributed by atoms with E-state index in [0.29, 0.717) is 6.42 Å². The number of hydrogen-bond acceptors (Lipinski definition) is 3. The molecule has 0 aliphatic heterocycles. The summed E-state index contributed by atoms with van der Waals surface area (Å²) in [6.45, 7) is 0. The summed E-state index contributed by atoms with van der Waals surface area (Å²) in [5.74, 6) is 0. The van der Waals surface area contributed by atoms with Crippen LogP contribution in [-0.2, 0) is 15.9 Å². The standard InChI is InChI=1S/C12H15NO2/c1-14-12(15-2)11-8-4-3-6-10(11)7-5-9-13/h3-4,6,8,12H,5,7H2,1-2H3. The van der Waals surface area contributed by atoms with Gasteiger partial charge < -0.3 is 9.47 Å². The fourth-order valence-corrected chi connectivity index (χ4v) is 1.53. The minimum atomic E-state index is -0.347. The maximum atomic E-state index is 8.56. The Hall–Kier alpha value is -1.37. The number of hydrogen-bond donors (Lipinski definition) is 0. The number of rotatable bonds is 5. The van der Waals surface area contributed by atoms with Crippen LogP contribution in [0.2, 0.25) is 0 Å². The molecular weight excluding hydrogens is 190 g/mol. The SMILES string of the molecule is COC(OC)c1ccccc1CCC#N. The van der Waals surface area contributed by atoms with Gasteiger partial charge in [0.1, 0.15) is 0 Å². The van der Waals surface area contributed by atoms with Crippen molar-refractivity contribution in [3.63, 3.8) is 0 Å². The zero-order valence-electron chi connectivity index (χ0n) is 9.06. The zero-order valence-corrected chi connectivity index (χ0v) is 9.06. The van der Waals surface area contributed by atoms with E-state index in [1.54, 1.807) is 14.2 Å². The van der Waals surface area contributed by atoms with Crippen LogP contribution in [0, 0.1) is 11.3 Å². The van der Waals surface area contributed by atoms with Crippen molar-refractivity contribution in [2.75, 3.05) is 14.2 Å². The summed E-state index contributed by atoms with van der Waals surface area (Å²) in [5, 5.41) is 8.56. The first-order valence-corrected chi connectivity index (χ1v) is 4.83. The van der Waals surface area contributed by atoms with E-state index in [-0.39, 0.29) is 6.29 Å². The fraction of sp³-hybridized carbons (Fsp3) is 0.417. The molecule has 0 saturated heterocycles. The van der Waals surface area contributed by atoms with E-state index in [4.69, 9.17) is 14.7 Å². The van der Waals surface area contributed by atoms with E-state index in [2.05, 4.69) is 6.07 Å². The summed E-state index contributed by atoms with van der Waals surface area (Å²) >= 11 is 0. The van der Waals surface area contributed by atoms with Crippen LogP contribution in [0.25, 0.3) is 0 Å². The van der Waals surface area contributed by atoms with Crippen molar-refractivity contribution in [3.05, 3.63) is 35.4 Å². The van der Waals surface area contributed by atoms with Gasteiger partial charge in [-0.1, -0.05) is 24.3 Å². The van der Waals surface area contributed by atoms with Gasteiger partial charge in [-0.15, -0.1) is 0 Å². The van der Waals surface area contributed by atoms with Gasteiger partial charge >= 0.3 is 0 Å². The average Bonchev–Trinajstić information content (AvgIpc) is 2.29. The number of benzene rings is 1. The molecule has 0 N–H and O–H groups in total. The van der Waals surface area contributed by atoms with E-state index >= 15 is 0 Å². The first-order chi connectivity index (χ1) is 7.33. The highest BCUT2D eigenvalue weighted by Crippen LogP contribution is 2.22. The predicted molar refractivity (Wildman–Crippen MR) is 57.1 cm³/mol. The molecule has 80 valence electrons. The molecule has 1 rings (SSSR count). The number of nitrogens with zero attached hydrogens (tertiary/aromatic N) is 1. The van der Waals surface area contributed by atoms with Crippen molar-refractivity contribution in [1.29, 1.82) is 5.26 Å². The smallest absolute Gasteiger partial charge is 0.183 e. The molecule has 0 aliphatic rings. The fourth-order valence-electron chi connectivity index (χ4n) is 1.53. The largest absolute Gasteiger partial charge is 0.352 e. The molecule has 0 fully saturated rings. The van der Waals surface area contributed by atoms with Gasteiger partial charge in [-0.3, -0.25) is 0 Å². The number of methoxy groups -OCH3 is 2. The second kappa shape index (κ2) is 6.18. The molecule has 3 heteroatoms. The Balaban J connectivity index is 2.90. The van der Waals surface area contributed by atoms with Gasteiger partial charge in [0, 0.05) is 26.2 Å². The molecule has 0 amide bonds. The Labute approximate surface area is 90.2 Å². The molecule has 0 aromatic heterocycles. The number of ether oxygens (including phenoxy) is 2. The van der Waals surface area contributed by atoms with Crippen LogP contribution in [-0.4, -0.2) is 14.2 Å². The molecule has 3 nitrogen and oxygen atoms in total. The highest BCUT2D eigenvalue weighted by Gasteiger charge is 2.12. The third kappa shape index (κ3) is 3.05. The molecule has 0 bridgehead atoms. The van der Waals surface area contributed by atoms with Crippen LogP contribution >= 0.6 is 0 Å². The molecule has 0 atom stereocenters. The Morgan fingerprint density at radius 3 is 2.53 bits per heavy atom. The quantitative estimate of drug-likeness (QED) is 0.693. The third-order valence-electron chi connectivity index (χ3n) is 2.24. The highest BCUT2D eigenvalue weighted by atomic mass is 16.7. The molecule has 1 aromatic carbocycles. The second-order valence-electron chi connectivity index (χ2n) is 3.16. The lowest BCUT2D eigenvalue weighted by molar-refractivity contribution is -0.106. The summed E-state index contributed by atoms with van der Waals surface area (Å²) in [5.41, 5.74) is 2.10. The van der Waals surface area contributed by atoms with E-state index in [9.17, 15) is 0 Å². The number of aryl methyl sites for hydroxylation is 1. The second-order valence-corrected chi connectivity index (χ2v) is 3.16. The average molecular weight is 205 g/mol. The van der Waals surface area contributed by atoms with Crippen LogP contribution in [0.3, 0.4) is 0 Å². The lowest BCUT2D eigenvalue weighted by Gasteiger charge is -2.16. The van der Waals surface area contributed by atoms with Crippen LogP contribution in [0.1, 0.15) is 23.8 Å². The van der Waals surface area contributed by atoms with Crippen LogP contribution in [0.15, 0.2) is 24.3 Å². The molecule has 0 saturated carbocycles. The Kier molecular flexibility index (Phi) is 4.82. The maximum absolute atomic E-state index is 8.56. The molecule has 0 aliphatic carbocycles. The van der Waals surface area contributed by atoms with E-state index in [1.807, 2.05) is 24.3 Å². The lowest BCUT2D eigenvalue weighted by Crippen LogP contribution is -2.06. The minimum Gasteiger partial charge on any atom is -0.352 e. The van der Waals surface area contributed by atoms with Crippen molar-refractivity contribution in [3.8, 4) is 6.07 Å². The van der Waals surface area contributed by atoms with E-state index in [1.165, 1.54) is 0 Å². The highest BCUT2D eigenvalue weighted by molar-refractivity contribution is 5.28. The summed E-state index contributed by atoms with van der Waals surface area (Å²) in [7, 11) is 3.21. The number of nitriles is 1. The molecule has 0 heterocycles. The summed E-state index contributed by atoms with van der Waals surface area (Å²) in [6, 6.07) is 9.99. The molecule has 0 unspecified atom stereocenters. The Bertz CT molecular complexity index is 340. The van der Waals surface area contributed by atoms with Crippen molar-refractivity contribution in [1.82, 2.24) is 0 Å². The lowest BCUT2D eigenvalue weighted by atomic mass is 10.0. The van der Waals surface area contributed by atoms with Gasteiger partial charge in [-0.05, 0) is 12.0 Å².